The first-order chi connectivity index (χ1) is 42.4. The van der Waals surface area contributed by atoms with Crippen LogP contribution in [0.3, 0.4) is 0 Å². The highest BCUT2D eigenvalue weighted by Crippen LogP contribution is 2.50. The van der Waals surface area contributed by atoms with Gasteiger partial charge in [-0.05, 0) is 193 Å². The largest absolute Gasteiger partial charge is 0.310 e. The number of nitrogens with zero attached hydrogens (tertiary/aromatic N) is 2. The lowest BCUT2D eigenvalue weighted by molar-refractivity contribution is 0.589. The molecule has 0 amide bonds. The van der Waals surface area contributed by atoms with Gasteiger partial charge in [-0.2, -0.15) is 0 Å². The van der Waals surface area contributed by atoms with Crippen molar-refractivity contribution in [1.82, 2.24) is 0 Å². The highest BCUT2D eigenvalue weighted by molar-refractivity contribution is 6.28. The quantitative estimate of drug-likeness (QED) is 0.126. The van der Waals surface area contributed by atoms with Crippen molar-refractivity contribution >= 4 is 66.4 Å². The number of hydrogen-bond donors (Lipinski definition) is 0. The van der Waals surface area contributed by atoms with Crippen molar-refractivity contribution in [2.45, 2.75) is 157 Å². The second-order valence-electron chi connectivity index (χ2n) is 31.7. The van der Waals surface area contributed by atoms with E-state index in [1.54, 1.807) is 0 Å². The number of benzene rings is 12. The summed E-state index contributed by atoms with van der Waals surface area (Å²) in [4.78, 5) is 5.05. The zero-order valence-electron chi connectivity index (χ0n) is 56.8. The average molecular weight is 1180 g/mol. The molecule has 0 unspecified atom stereocenters. The first-order valence-corrected chi connectivity index (χ1v) is 32.6. The van der Waals surface area contributed by atoms with Crippen molar-refractivity contribution in [3.63, 3.8) is 0 Å². The molecule has 2 nitrogen and oxygen atoms in total. The summed E-state index contributed by atoms with van der Waals surface area (Å²) in [5.41, 5.74) is 24.2. The standard InChI is InChI=1S/C88H92N2/c1-83(2,3)67-35-19-57(20-36-67)59-27-43-73(44-28-59)89(75-53-65(51-71(55-75)87(13,14)15)61-23-39-69(40-24-61)85(7,8)9)79-49-33-63-32-48-78-80(50-34-64-31-47-77(79)81(63)82(64)78)90(74-45-29-60(30-46-74)58-21-37-68(38-22-58)84(4,5)6)76-54-66(52-72(56-76)88(16,17)18)62-25-41-70(42-26-62)86(10,11)12/h19-56H,1-18H3. The van der Waals surface area contributed by atoms with Crippen molar-refractivity contribution in [2.24, 2.45) is 0 Å². The molecular weight excluding hydrogens is 1080 g/mol. The lowest BCUT2D eigenvalue weighted by atomic mass is 9.83. The van der Waals surface area contributed by atoms with E-state index in [0.717, 1.165) is 34.1 Å². The molecule has 0 aliphatic heterocycles. The minimum Gasteiger partial charge on any atom is -0.310 e. The monoisotopic (exact) mass is 1180 g/mol. The number of rotatable bonds is 10. The SMILES string of the molecule is CC(C)(C)c1ccc(-c2ccc(N(c3cc(-c4ccc(C(C)(C)C)cc4)cc(C(C)(C)C)c3)c3ccc4ccc5c(N(c6ccc(-c7ccc(C(C)(C)C)cc7)cc6)c6cc(-c7ccc(C(C)(C)C)cc7)cc(C(C)(C)C)c6)ccc6ccc3c4c65)cc2)cc1. The van der Waals surface area contributed by atoms with Gasteiger partial charge >= 0.3 is 0 Å². The summed E-state index contributed by atoms with van der Waals surface area (Å²) in [6, 6.07) is 88.8. The van der Waals surface area contributed by atoms with E-state index in [0.29, 0.717) is 0 Å². The van der Waals surface area contributed by atoms with Crippen LogP contribution < -0.4 is 9.80 Å². The molecule has 12 aromatic carbocycles. The van der Waals surface area contributed by atoms with Crippen LogP contribution in [0.2, 0.25) is 0 Å². The van der Waals surface area contributed by atoms with Gasteiger partial charge < -0.3 is 9.80 Å². The second-order valence-corrected chi connectivity index (χ2v) is 31.7. The van der Waals surface area contributed by atoms with Crippen molar-refractivity contribution in [2.75, 3.05) is 9.80 Å². The molecule has 0 N–H and O–H groups in total. The Kier molecular flexibility index (Phi) is 15.5. The first kappa shape index (κ1) is 61.5. The summed E-state index contributed by atoms with van der Waals surface area (Å²) < 4.78 is 0. The lowest BCUT2D eigenvalue weighted by Gasteiger charge is -2.31. The Balaban J connectivity index is 1.07. The molecule has 12 rings (SSSR count). The maximum Gasteiger partial charge on any atom is 0.0540 e. The molecule has 454 valence electrons. The highest BCUT2D eigenvalue weighted by atomic mass is 15.2. The van der Waals surface area contributed by atoms with Gasteiger partial charge in [-0.3, -0.25) is 0 Å². The number of anilines is 6. The maximum absolute atomic E-state index is 2.53. The van der Waals surface area contributed by atoms with Crippen LogP contribution in [-0.4, -0.2) is 0 Å². The highest BCUT2D eigenvalue weighted by Gasteiger charge is 2.27. The third-order valence-corrected chi connectivity index (χ3v) is 18.8. The van der Waals surface area contributed by atoms with E-state index in [4.69, 9.17) is 0 Å². The van der Waals surface area contributed by atoms with E-state index in [1.807, 2.05) is 0 Å². The van der Waals surface area contributed by atoms with E-state index in [1.165, 1.54) is 110 Å². The molecule has 0 atom stereocenters. The molecular formula is C88H92N2. The minimum absolute atomic E-state index is 0.0498. The van der Waals surface area contributed by atoms with Crippen LogP contribution in [0.1, 0.15) is 158 Å². The van der Waals surface area contributed by atoms with Crippen molar-refractivity contribution < 1.29 is 0 Å². The van der Waals surface area contributed by atoms with Crippen molar-refractivity contribution in [3.8, 4) is 44.5 Å². The molecule has 0 bridgehead atoms. The molecule has 12 aromatic rings. The van der Waals surface area contributed by atoms with E-state index >= 15 is 0 Å². The summed E-state index contributed by atoms with van der Waals surface area (Å²) >= 11 is 0. The molecule has 0 fully saturated rings. The predicted molar refractivity (Wildman–Crippen MR) is 393 cm³/mol. The Hall–Kier alpha value is -8.72. The summed E-state index contributed by atoms with van der Waals surface area (Å²) in [6.07, 6.45) is 0. The Morgan fingerprint density at radius 1 is 0.189 bits per heavy atom. The fraction of sp³-hybridized carbons (Fsp3) is 0.273. The van der Waals surface area contributed by atoms with Crippen LogP contribution in [-0.2, 0) is 32.5 Å². The van der Waals surface area contributed by atoms with Gasteiger partial charge in [0.05, 0.1) is 11.4 Å². The first-order valence-electron chi connectivity index (χ1n) is 32.6. The zero-order valence-corrected chi connectivity index (χ0v) is 56.8. The molecule has 0 saturated heterocycles. The minimum atomic E-state index is -0.127. The molecule has 0 radical (unpaired) electrons. The van der Waals surface area contributed by atoms with Crippen LogP contribution in [0.5, 0.6) is 0 Å². The molecule has 0 aromatic heterocycles. The van der Waals surface area contributed by atoms with Gasteiger partial charge in [-0.25, -0.2) is 0 Å². The van der Waals surface area contributed by atoms with E-state index < -0.39 is 0 Å². The number of hydrogen-bond acceptors (Lipinski definition) is 2. The fourth-order valence-electron chi connectivity index (χ4n) is 13.0. The van der Waals surface area contributed by atoms with Gasteiger partial charge in [0.15, 0.2) is 0 Å². The molecule has 0 aliphatic carbocycles. The van der Waals surface area contributed by atoms with Gasteiger partial charge in [0.2, 0.25) is 0 Å². The second kappa shape index (κ2) is 22.6. The molecule has 0 aliphatic rings. The van der Waals surface area contributed by atoms with Crippen LogP contribution in [0, 0.1) is 0 Å². The summed E-state index contributed by atoms with van der Waals surface area (Å²) in [5.74, 6) is 0. The van der Waals surface area contributed by atoms with Crippen LogP contribution in [0.4, 0.5) is 34.1 Å². The molecule has 0 spiro atoms. The van der Waals surface area contributed by atoms with Crippen molar-refractivity contribution in [3.05, 3.63) is 264 Å². The summed E-state index contributed by atoms with van der Waals surface area (Å²) in [6.45, 7) is 41.5. The van der Waals surface area contributed by atoms with Gasteiger partial charge in [-0.15, -0.1) is 0 Å². The van der Waals surface area contributed by atoms with E-state index in [9.17, 15) is 0 Å². The molecule has 0 saturated carbocycles. The molecule has 2 heteroatoms. The van der Waals surface area contributed by atoms with Gasteiger partial charge in [0.25, 0.3) is 0 Å². The molecule has 0 heterocycles. The van der Waals surface area contributed by atoms with Gasteiger partial charge in [0, 0.05) is 33.5 Å². The average Bonchev–Trinajstić information content (AvgIpc) is 0.732. The normalized spacial score (nSPS) is 12.8. The summed E-state index contributed by atoms with van der Waals surface area (Å²) in [5, 5.41) is 7.34. The zero-order chi connectivity index (χ0) is 64.0. The predicted octanol–water partition coefficient (Wildman–Crippen LogP) is 26.0. The molecule has 90 heavy (non-hydrogen) atoms. The van der Waals surface area contributed by atoms with Crippen LogP contribution in [0.25, 0.3) is 76.8 Å². The van der Waals surface area contributed by atoms with Crippen molar-refractivity contribution in [1.29, 1.82) is 0 Å². The Morgan fingerprint density at radius 2 is 0.422 bits per heavy atom. The summed E-state index contributed by atoms with van der Waals surface area (Å²) in [7, 11) is 0. The third kappa shape index (κ3) is 12.2. The van der Waals surface area contributed by atoms with Crippen LogP contribution >= 0.6 is 0 Å². The Bertz CT molecular complexity index is 4260. The van der Waals surface area contributed by atoms with Gasteiger partial charge in [0.1, 0.15) is 0 Å². The third-order valence-electron chi connectivity index (χ3n) is 18.8. The maximum atomic E-state index is 2.53. The topological polar surface area (TPSA) is 6.48 Å². The van der Waals surface area contributed by atoms with Crippen LogP contribution in [0.15, 0.2) is 231 Å². The Labute approximate surface area is 538 Å². The van der Waals surface area contributed by atoms with Gasteiger partial charge in [-0.1, -0.05) is 294 Å². The van der Waals surface area contributed by atoms with E-state index in [-0.39, 0.29) is 32.5 Å². The Morgan fingerprint density at radius 3 is 0.678 bits per heavy atom. The lowest BCUT2D eigenvalue weighted by Crippen LogP contribution is -2.16. The fourth-order valence-corrected chi connectivity index (χ4v) is 13.0. The van der Waals surface area contributed by atoms with E-state index in [2.05, 4.69) is 365 Å². The smallest absolute Gasteiger partial charge is 0.0540 e.